The van der Waals surface area contributed by atoms with Gasteiger partial charge >= 0.3 is 6.03 Å². The molecule has 0 spiro atoms. The van der Waals surface area contributed by atoms with Gasteiger partial charge in [-0.1, -0.05) is 48.5 Å². The van der Waals surface area contributed by atoms with Crippen molar-refractivity contribution in [2.24, 2.45) is 0 Å². The Morgan fingerprint density at radius 3 is 2.56 bits per heavy atom. The summed E-state index contributed by atoms with van der Waals surface area (Å²) in [5.41, 5.74) is 0.595. The number of hydrogen-bond donors (Lipinski definition) is 3. The maximum absolute atomic E-state index is 11.9. The first-order valence-electron chi connectivity index (χ1n) is 8.32. The van der Waals surface area contributed by atoms with Crippen molar-refractivity contribution in [1.29, 1.82) is 0 Å². The molecule has 0 aliphatic heterocycles. The van der Waals surface area contributed by atoms with Gasteiger partial charge in [0, 0.05) is 11.9 Å². The topological polar surface area (TPSA) is 74.5 Å². The second-order valence-corrected chi connectivity index (χ2v) is 6.27. The van der Waals surface area contributed by atoms with Crippen LogP contribution in [-0.2, 0) is 12.0 Å². The van der Waals surface area contributed by atoms with E-state index < -0.39 is 5.60 Å². The second kappa shape index (κ2) is 7.40. The quantitative estimate of drug-likeness (QED) is 0.646. The number of nitrogens with one attached hydrogen (secondary N) is 2. The number of fused-ring (bicyclic) bond motifs is 1. The van der Waals surface area contributed by atoms with Gasteiger partial charge in [-0.2, -0.15) is 0 Å². The fourth-order valence-corrected chi connectivity index (χ4v) is 2.61. The van der Waals surface area contributed by atoms with Crippen LogP contribution >= 0.6 is 0 Å². The molecule has 0 aliphatic carbocycles. The second-order valence-electron chi connectivity index (χ2n) is 6.27. The van der Waals surface area contributed by atoms with E-state index in [4.69, 9.17) is 4.42 Å². The molecule has 0 aliphatic rings. The highest BCUT2D eigenvalue weighted by Crippen LogP contribution is 2.27. The molecule has 0 fully saturated rings. The summed E-state index contributed by atoms with van der Waals surface area (Å²) in [7, 11) is 0. The highest BCUT2D eigenvalue weighted by atomic mass is 16.4. The molecule has 2 aromatic carbocycles. The van der Waals surface area contributed by atoms with Crippen molar-refractivity contribution in [2.45, 2.75) is 18.9 Å². The van der Waals surface area contributed by atoms with Gasteiger partial charge in [-0.25, -0.2) is 4.79 Å². The largest absolute Gasteiger partial charge is 0.458 e. The molecule has 25 heavy (non-hydrogen) atoms. The van der Waals surface area contributed by atoms with Gasteiger partial charge in [-0.3, -0.25) is 0 Å². The van der Waals surface area contributed by atoms with Crippen molar-refractivity contribution in [1.82, 2.24) is 10.6 Å². The fourth-order valence-electron chi connectivity index (χ4n) is 2.61. The normalized spacial score (nSPS) is 13.4. The molecule has 3 aromatic rings. The highest BCUT2D eigenvalue weighted by Gasteiger charge is 2.28. The molecule has 1 unspecified atom stereocenters. The maximum atomic E-state index is 11.9. The van der Waals surface area contributed by atoms with E-state index in [1.807, 2.05) is 54.6 Å². The van der Waals surface area contributed by atoms with Crippen molar-refractivity contribution in [3.8, 4) is 0 Å². The zero-order valence-electron chi connectivity index (χ0n) is 14.2. The molecule has 5 nitrogen and oxygen atoms in total. The zero-order chi connectivity index (χ0) is 17.7. The van der Waals surface area contributed by atoms with E-state index in [1.54, 1.807) is 13.0 Å². The lowest BCUT2D eigenvalue weighted by Crippen LogP contribution is -2.43. The van der Waals surface area contributed by atoms with Crippen molar-refractivity contribution in [2.75, 3.05) is 13.1 Å². The van der Waals surface area contributed by atoms with Crippen LogP contribution in [0.2, 0.25) is 0 Å². The molecule has 3 N–H and O–H groups in total. The van der Waals surface area contributed by atoms with Crippen LogP contribution in [0.4, 0.5) is 4.79 Å². The van der Waals surface area contributed by atoms with E-state index >= 15 is 0 Å². The molecular formula is C20H22N2O3. The summed E-state index contributed by atoms with van der Waals surface area (Å²) in [5.74, 6) is 0.429. The Balaban J connectivity index is 1.50. The molecule has 2 amide bonds. The minimum atomic E-state index is -1.28. The van der Waals surface area contributed by atoms with E-state index in [-0.39, 0.29) is 12.6 Å². The number of hydrogen-bond acceptors (Lipinski definition) is 3. The van der Waals surface area contributed by atoms with Gasteiger partial charge in [0.05, 0.1) is 6.54 Å². The number of carbonyl (C=O) groups is 1. The molecular weight excluding hydrogens is 316 g/mol. The van der Waals surface area contributed by atoms with Crippen LogP contribution < -0.4 is 10.6 Å². The number of urea groups is 1. The van der Waals surface area contributed by atoms with Crippen molar-refractivity contribution < 1.29 is 14.3 Å². The number of aliphatic hydroxyl groups is 1. The van der Waals surface area contributed by atoms with Gasteiger partial charge in [0.1, 0.15) is 16.9 Å². The van der Waals surface area contributed by atoms with Crippen molar-refractivity contribution >= 4 is 17.0 Å². The predicted molar refractivity (Wildman–Crippen MR) is 97.3 cm³/mol. The number of carbonyl (C=O) groups excluding carboxylic acids is 1. The first-order valence-corrected chi connectivity index (χ1v) is 8.32. The Labute approximate surface area is 146 Å². The number of benzene rings is 2. The summed E-state index contributed by atoms with van der Waals surface area (Å²) in [6.07, 6.45) is 0.758. The third kappa shape index (κ3) is 4.39. The molecule has 5 heteroatoms. The first-order chi connectivity index (χ1) is 12.0. The fraction of sp³-hybridized carbons (Fsp3) is 0.250. The SMILES string of the molecule is CC(O)(CNC(=O)NCCc1ccccc1)c1cc2ccccc2o1. The standard InChI is InChI=1S/C20H22N2O3/c1-20(24,18-13-16-9-5-6-10-17(16)25-18)14-22-19(23)21-12-11-15-7-3-2-4-8-15/h2-10,13,24H,11-12,14H2,1H3,(H2,21,22,23). The molecule has 3 rings (SSSR count). The van der Waals surface area contributed by atoms with E-state index in [2.05, 4.69) is 10.6 Å². The lowest BCUT2D eigenvalue weighted by molar-refractivity contribution is 0.0383. The lowest BCUT2D eigenvalue weighted by Gasteiger charge is -2.21. The van der Waals surface area contributed by atoms with Gasteiger partial charge in [0.2, 0.25) is 0 Å². The highest BCUT2D eigenvalue weighted by molar-refractivity contribution is 5.78. The summed E-state index contributed by atoms with van der Waals surface area (Å²) in [6.45, 7) is 2.21. The zero-order valence-corrected chi connectivity index (χ0v) is 14.2. The van der Waals surface area contributed by atoms with Gasteiger partial charge < -0.3 is 20.2 Å². The summed E-state index contributed by atoms with van der Waals surface area (Å²) in [4.78, 5) is 11.9. The van der Waals surface area contributed by atoms with E-state index in [1.165, 1.54) is 0 Å². The Morgan fingerprint density at radius 1 is 1.08 bits per heavy atom. The monoisotopic (exact) mass is 338 g/mol. The van der Waals surface area contributed by atoms with Crippen LogP contribution in [0.3, 0.4) is 0 Å². The van der Waals surface area contributed by atoms with Crippen LogP contribution in [-0.4, -0.2) is 24.2 Å². The van der Waals surface area contributed by atoms with E-state index in [0.29, 0.717) is 17.9 Å². The number of rotatable bonds is 6. The average molecular weight is 338 g/mol. The van der Waals surface area contributed by atoms with Gasteiger partial charge in [0.15, 0.2) is 0 Å². The molecule has 0 saturated carbocycles. The van der Waals surface area contributed by atoms with Crippen LogP contribution in [0.25, 0.3) is 11.0 Å². The molecule has 1 aromatic heterocycles. The molecule has 0 saturated heterocycles. The minimum Gasteiger partial charge on any atom is -0.458 e. The van der Waals surface area contributed by atoms with Crippen LogP contribution in [0.1, 0.15) is 18.2 Å². The Bertz CT molecular complexity index is 807. The summed E-state index contributed by atoms with van der Waals surface area (Å²) in [5, 5.41) is 17.0. The molecule has 1 heterocycles. The van der Waals surface area contributed by atoms with Crippen LogP contribution in [0.5, 0.6) is 0 Å². The number of para-hydroxylation sites is 1. The Morgan fingerprint density at radius 2 is 1.80 bits per heavy atom. The Hall–Kier alpha value is -2.79. The van der Waals surface area contributed by atoms with Gasteiger partial charge in [-0.05, 0) is 31.0 Å². The summed E-state index contributed by atoms with van der Waals surface area (Å²) < 4.78 is 5.68. The summed E-state index contributed by atoms with van der Waals surface area (Å²) in [6, 6.07) is 19.0. The lowest BCUT2D eigenvalue weighted by atomic mass is 10.0. The van der Waals surface area contributed by atoms with E-state index in [0.717, 1.165) is 17.4 Å². The van der Waals surface area contributed by atoms with Gasteiger partial charge in [0.25, 0.3) is 0 Å². The molecule has 130 valence electrons. The third-order valence-electron chi connectivity index (χ3n) is 4.09. The average Bonchev–Trinajstić information content (AvgIpc) is 3.06. The van der Waals surface area contributed by atoms with Crippen LogP contribution in [0, 0.1) is 0 Å². The van der Waals surface area contributed by atoms with E-state index in [9.17, 15) is 9.90 Å². The van der Waals surface area contributed by atoms with Gasteiger partial charge in [-0.15, -0.1) is 0 Å². The number of amides is 2. The number of furan rings is 1. The molecule has 1 atom stereocenters. The summed E-state index contributed by atoms with van der Waals surface area (Å²) >= 11 is 0. The maximum Gasteiger partial charge on any atom is 0.314 e. The minimum absolute atomic E-state index is 0.0595. The smallest absolute Gasteiger partial charge is 0.314 e. The first kappa shape index (κ1) is 17.0. The third-order valence-corrected chi connectivity index (χ3v) is 4.09. The van der Waals surface area contributed by atoms with Crippen molar-refractivity contribution in [3.05, 3.63) is 72.0 Å². The molecule has 0 bridgehead atoms. The molecule has 0 radical (unpaired) electrons. The predicted octanol–water partition coefficient (Wildman–Crippen LogP) is 3.18. The van der Waals surface area contributed by atoms with Crippen LogP contribution in [0.15, 0.2) is 65.1 Å². The Kier molecular flexibility index (Phi) is 5.05. The van der Waals surface area contributed by atoms with Crippen molar-refractivity contribution in [3.63, 3.8) is 0 Å².